The van der Waals surface area contributed by atoms with E-state index in [0.717, 1.165) is 25.1 Å². The van der Waals surface area contributed by atoms with Crippen LogP contribution in [-0.2, 0) is 4.79 Å². The topological polar surface area (TPSA) is 32.3 Å². The molecular weight excluding hydrogens is 224 g/mol. The molecule has 1 unspecified atom stereocenters. The van der Waals surface area contributed by atoms with Crippen LogP contribution in [0.15, 0.2) is 24.3 Å². The molecule has 1 N–H and O–H groups in total. The van der Waals surface area contributed by atoms with Gasteiger partial charge in [-0.05, 0) is 44.2 Å². The minimum absolute atomic E-state index is 0.0515. The Kier molecular flexibility index (Phi) is 3.46. The first-order valence-corrected chi connectivity index (χ1v) is 5.84. The molecule has 2 rings (SSSR count). The average Bonchev–Trinajstić information content (AvgIpc) is 2.31. The van der Waals surface area contributed by atoms with Gasteiger partial charge in [-0.3, -0.25) is 4.79 Å². The van der Waals surface area contributed by atoms with Crippen LogP contribution in [0.2, 0.25) is 5.02 Å². The van der Waals surface area contributed by atoms with Gasteiger partial charge in [-0.2, -0.15) is 0 Å². The van der Waals surface area contributed by atoms with Crippen molar-refractivity contribution in [1.29, 1.82) is 0 Å². The molecule has 1 amide bonds. The van der Waals surface area contributed by atoms with Gasteiger partial charge in [0.15, 0.2) is 0 Å². The third-order valence-electron chi connectivity index (χ3n) is 2.93. The Morgan fingerprint density at radius 2 is 2.06 bits per heavy atom. The fourth-order valence-corrected chi connectivity index (χ4v) is 2.15. The summed E-state index contributed by atoms with van der Waals surface area (Å²) in [6.07, 6.45) is 1.94. The lowest BCUT2D eigenvalue weighted by molar-refractivity contribution is -0.121. The molecule has 0 aromatic heterocycles. The van der Waals surface area contributed by atoms with Gasteiger partial charge in [0, 0.05) is 17.3 Å². The molecule has 3 nitrogen and oxygen atoms in total. The molecule has 1 atom stereocenters. The summed E-state index contributed by atoms with van der Waals surface area (Å²) < 4.78 is 0. The molecular formula is C12H15ClN2O. The van der Waals surface area contributed by atoms with Crippen LogP contribution in [0.1, 0.15) is 12.8 Å². The highest BCUT2D eigenvalue weighted by molar-refractivity contribution is 6.30. The smallest absolute Gasteiger partial charge is 0.244 e. The van der Waals surface area contributed by atoms with Gasteiger partial charge in [0.25, 0.3) is 0 Å². The van der Waals surface area contributed by atoms with Gasteiger partial charge in [0.2, 0.25) is 5.91 Å². The lowest BCUT2D eigenvalue weighted by Crippen LogP contribution is -2.49. The predicted octanol–water partition coefficient (Wildman–Crippen LogP) is 2.05. The van der Waals surface area contributed by atoms with Gasteiger partial charge < -0.3 is 10.2 Å². The predicted molar refractivity (Wildman–Crippen MR) is 65.9 cm³/mol. The zero-order valence-electron chi connectivity index (χ0n) is 9.24. The van der Waals surface area contributed by atoms with Gasteiger partial charge in [0.1, 0.15) is 0 Å². The Balaban J connectivity index is 2.20. The third kappa shape index (κ3) is 2.20. The number of halogens is 1. The maximum absolute atomic E-state index is 12.1. The number of amides is 1. The summed E-state index contributed by atoms with van der Waals surface area (Å²) in [7, 11) is 1.83. The number of likely N-dealkylation sites (N-methyl/N-ethyl adjacent to an activating group) is 1. The molecule has 1 heterocycles. The van der Waals surface area contributed by atoms with Gasteiger partial charge in [-0.25, -0.2) is 0 Å². The lowest BCUT2D eigenvalue weighted by atomic mass is 10.0. The zero-order chi connectivity index (χ0) is 11.5. The highest BCUT2D eigenvalue weighted by atomic mass is 35.5. The second kappa shape index (κ2) is 4.85. The highest BCUT2D eigenvalue weighted by Crippen LogP contribution is 2.22. The van der Waals surface area contributed by atoms with E-state index in [1.165, 1.54) is 0 Å². The molecule has 4 heteroatoms. The number of piperidine rings is 1. The number of benzene rings is 1. The standard InChI is InChI=1S/C12H15ClN2O/c1-14-11-3-2-8-15(12(11)16)10-6-4-9(13)5-7-10/h4-7,11,14H,2-3,8H2,1H3. The number of hydrogen-bond acceptors (Lipinski definition) is 2. The Bertz CT molecular complexity index is 377. The summed E-state index contributed by atoms with van der Waals surface area (Å²) in [5.74, 6) is 0.149. The van der Waals surface area contributed by atoms with E-state index >= 15 is 0 Å². The fraction of sp³-hybridized carbons (Fsp3) is 0.417. The van der Waals surface area contributed by atoms with Crippen molar-refractivity contribution < 1.29 is 4.79 Å². The SMILES string of the molecule is CNC1CCCN(c2ccc(Cl)cc2)C1=O. The maximum atomic E-state index is 12.1. The summed E-state index contributed by atoms with van der Waals surface area (Å²) in [4.78, 5) is 13.9. The first-order valence-electron chi connectivity index (χ1n) is 5.46. The zero-order valence-corrected chi connectivity index (χ0v) is 10.00. The largest absolute Gasteiger partial charge is 0.311 e. The van der Waals surface area contributed by atoms with Crippen LogP contribution in [0.4, 0.5) is 5.69 Å². The van der Waals surface area contributed by atoms with Gasteiger partial charge >= 0.3 is 0 Å². The monoisotopic (exact) mass is 238 g/mol. The van der Waals surface area contributed by atoms with E-state index in [-0.39, 0.29) is 11.9 Å². The first kappa shape index (κ1) is 11.4. The quantitative estimate of drug-likeness (QED) is 0.856. The van der Waals surface area contributed by atoms with Crippen LogP contribution in [-0.4, -0.2) is 25.5 Å². The summed E-state index contributed by atoms with van der Waals surface area (Å²) in [5, 5.41) is 3.74. The van der Waals surface area contributed by atoms with Crippen molar-refractivity contribution in [1.82, 2.24) is 5.32 Å². The summed E-state index contributed by atoms with van der Waals surface area (Å²) >= 11 is 5.83. The number of anilines is 1. The molecule has 1 aliphatic rings. The van der Waals surface area contributed by atoms with E-state index in [9.17, 15) is 4.79 Å². The molecule has 0 saturated carbocycles. The number of hydrogen-bond donors (Lipinski definition) is 1. The number of carbonyl (C=O) groups is 1. The minimum atomic E-state index is -0.0515. The van der Waals surface area contributed by atoms with Crippen molar-refractivity contribution in [2.75, 3.05) is 18.5 Å². The molecule has 0 spiro atoms. The Morgan fingerprint density at radius 3 is 2.69 bits per heavy atom. The van der Waals surface area contributed by atoms with Crippen LogP contribution in [0, 0.1) is 0 Å². The molecule has 86 valence electrons. The Labute approximate surface area is 100 Å². The second-order valence-corrected chi connectivity index (χ2v) is 4.39. The maximum Gasteiger partial charge on any atom is 0.244 e. The molecule has 1 aromatic rings. The highest BCUT2D eigenvalue weighted by Gasteiger charge is 2.28. The van der Waals surface area contributed by atoms with Crippen molar-refractivity contribution >= 4 is 23.2 Å². The molecule has 16 heavy (non-hydrogen) atoms. The molecule has 0 bridgehead atoms. The number of rotatable bonds is 2. The Hall–Kier alpha value is -1.06. The van der Waals surface area contributed by atoms with Gasteiger partial charge in [0.05, 0.1) is 6.04 Å². The van der Waals surface area contributed by atoms with E-state index < -0.39 is 0 Å². The van der Waals surface area contributed by atoms with Crippen molar-refractivity contribution in [2.45, 2.75) is 18.9 Å². The molecule has 0 radical (unpaired) electrons. The van der Waals surface area contributed by atoms with Crippen LogP contribution >= 0.6 is 11.6 Å². The summed E-state index contributed by atoms with van der Waals surface area (Å²) in [6.45, 7) is 0.790. The van der Waals surface area contributed by atoms with E-state index in [0.29, 0.717) is 5.02 Å². The van der Waals surface area contributed by atoms with Crippen LogP contribution in [0.3, 0.4) is 0 Å². The second-order valence-electron chi connectivity index (χ2n) is 3.95. The summed E-state index contributed by atoms with van der Waals surface area (Å²) in [6, 6.07) is 7.35. The molecule has 1 aromatic carbocycles. The van der Waals surface area contributed by atoms with Crippen molar-refractivity contribution in [2.24, 2.45) is 0 Å². The number of nitrogens with one attached hydrogen (secondary N) is 1. The molecule has 0 aliphatic carbocycles. The van der Waals surface area contributed by atoms with E-state index in [4.69, 9.17) is 11.6 Å². The normalized spacial score (nSPS) is 21.2. The lowest BCUT2D eigenvalue weighted by Gasteiger charge is -2.32. The fourth-order valence-electron chi connectivity index (χ4n) is 2.02. The number of carbonyl (C=O) groups excluding carboxylic acids is 1. The van der Waals surface area contributed by atoms with E-state index in [1.54, 1.807) is 0 Å². The number of nitrogens with zero attached hydrogens (tertiary/aromatic N) is 1. The first-order chi connectivity index (χ1) is 7.72. The van der Waals surface area contributed by atoms with Crippen molar-refractivity contribution in [3.63, 3.8) is 0 Å². The average molecular weight is 239 g/mol. The third-order valence-corrected chi connectivity index (χ3v) is 3.18. The van der Waals surface area contributed by atoms with Crippen LogP contribution in [0.5, 0.6) is 0 Å². The Morgan fingerprint density at radius 1 is 1.38 bits per heavy atom. The van der Waals surface area contributed by atoms with Crippen molar-refractivity contribution in [3.8, 4) is 0 Å². The molecule has 1 saturated heterocycles. The van der Waals surface area contributed by atoms with E-state index in [2.05, 4.69) is 5.32 Å². The molecule has 1 fully saturated rings. The van der Waals surface area contributed by atoms with Crippen molar-refractivity contribution in [3.05, 3.63) is 29.3 Å². The van der Waals surface area contributed by atoms with Crippen LogP contribution < -0.4 is 10.2 Å². The minimum Gasteiger partial charge on any atom is -0.311 e. The van der Waals surface area contributed by atoms with Crippen LogP contribution in [0.25, 0.3) is 0 Å². The summed E-state index contributed by atoms with van der Waals surface area (Å²) in [5.41, 5.74) is 0.925. The van der Waals surface area contributed by atoms with Gasteiger partial charge in [-0.1, -0.05) is 11.6 Å². The van der Waals surface area contributed by atoms with Gasteiger partial charge in [-0.15, -0.1) is 0 Å². The molecule has 1 aliphatic heterocycles. The van der Waals surface area contributed by atoms with E-state index in [1.807, 2.05) is 36.2 Å².